The predicted octanol–water partition coefficient (Wildman–Crippen LogP) is -0.154. The average Bonchev–Trinajstić information content (AvgIpc) is 2.57. The van der Waals surface area contributed by atoms with Crippen LogP contribution in [0.25, 0.3) is 5.82 Å². The quantitative estimate of drug-likeness (QED) is 0.655. The Morgan fingerprint density at radius 2 is 2.36 bits per heavy atom. The standard InChI is InChI=1S/C8H9N5O/c1-5-10-2-3-13(5)7-4-6(9)8(14)12-11-7/h2-4H,1H3,(H2,9,11)(H,12,14). The highest BCUT2D eigenvalue weighted by molar-refractivity contribution is 5.40. The Hall–Kier alpha value is -2.11. The lowest BCUT2D eigenvalue weighted by Gasteiger charge is -2.02. The van der Waals surface area contributed by atoms with E-state index < -0.39 is 0 Å². The zero-order valence-electron chi connectivity index (χ0n) is 7.56. The van der Waals surface area contributed by atoms with Gasteiger partial charge in [-0.3, -0.25) is 9.36 Å². The Morgan fingerprint density at radius 3 is 2.93 bits per heavy atom. The molecular formula is C8H9N5O. The van der Waals surface area contributed by atoms with Gasteiger partial charge in [-0.05, 0) is 6.92 Å². The minimum absolute atomic E-state index is 0.142. The van der Waals surface area contributed by atoms with E-state index in [4.69, 9.17) is 5.73 Å². The highest BCUT2D eigenvalue weighted by Crippen LogP contribution is 2.06. The number of nitrogen functional groups attached to an aromatic ring is 1. The molecule has 0 saturated carbocycles. The molecule has 0 aliphatic carbocycles. The third kappa shape index (κ3) is 1.26. The van der Waals surface area contributed by atoms with E-state index in [2.05, 4.69) is 15.2 Å². The summed E-state index contributed by atoms with van der Waals surface area (Å²) in [6.45, 7) is 1.84. The van der Waals surface area contributed by atoms with Crippen LogP contribution in [0.4, 0.5) is 5.69 Å². The smallest absolute Gasteiger partial charge is 0.287 e. The van der Waals surface area contributed by atoms with Crippen molar-refractivity contribution in [3.63, 3.8) is 0 Å². The van der Waals surface area contributed by atoms with Crippen LogP contribution in [0.15, 0.2) is 23.3 Å². The minimum Gasteiger partial charge on any atom is -0.394 e. The van der Waals surface area contributed by atoms with Crippen LogP contribution in [0.3, 0.4) is 0 Å². The summed E-state index contributed by atoms with van der Waals surface area (Å²) in [7, 11) is 0. The number of rotatable bonds is 1. The van der Waals surface area contributed by atoms with Crippen LogP contribution in [0, 0.1) is 6.92 Å². The number of hydrogen-bond donors (Lipinski definition) is 2. The SMILES string of the molecule is Cc1nccn1-c1cc(N)c(=O)[nH]n1. The number of anilines is 1. The molecule has 0 aliphatic rings. The van der Waals surface area contributed by atoms with E-state index in [9.17, 15) is 4.79 Å². The Bertz CT molecular complexity index is 512. The lowest BCUT2D eigenvalue weighted by Crippen LogP contribution is -2.15. The first-order valence-electron chi connectivity index (χ1n) is 4.04. The van der Waals surface area contributed by atoms with E-state index >= 15 is 0 Å². The molecule has 2 heterocycles. The number of nitrogens with two attached hydrogens (primary N) is 1. The summed E-state index contributed by atoms with van der Waals surface area (Å²) in [6, 6.07) is 1.51. The number of hydrogen-bond acceptors (Lipinski definition) is 4. The number of nitrogens with zero attached hydrogens (tertiary/aromatic N) is 3. The molecule has 0 aliphatic heterocycles. The molecule has 0 radical (unpaired) electrons. The molecule has 3 N–H and O–H groups in total. The topological polar surface area (TPSA) is 89.6 Å². The van der Waals surface area contributed by atoms with Crippen LogP contribution in [-0.4, -0.2) is 19.7 Å². The molecule has 6 nitrogen and oxygen atoms in total. The summed E-state index contributed by atoms with van der Waals surface area (Å²) in [5, 5.41) is 6.15. The number of H-pyrrole nitrogens is 1. The third-order valence-electron chi connectivity index (χ3n) is 1.89. The number of aromatic amines is 1. The van der Waals surface area contributed by atoms with Gasteiger partial charge in [0, 0.05) is 18.5 Å². The van der Waals surface area contributed by atoms with Gasteiger partial charge in [-0.1, -0.05) is 0 Å². The maximum absolute atomic E-state index is 11.0. The first-order valence-corrected chi connectivity index (χ1v) is 4.04. The highest BCUT2D eigenvalue weighted by Gasteiger charge is 2.03. The molecule has 0 spiro atoms. The molecule has 2 aromatic rings. The summed E-state index contributed by atoms with van der Waals surface area (Å²) in [5.74, 6) is 1.33. The van der Waals surface area contributed by atoms with Gasteiger partial charge in [0.25, 0.3) is 5.56 Å². The molecule has 14 heavy (non-hydrogen) atoms. The lowest BCUT2D eigenvalue weighted by molar-refractivity contribution is 0.868. The van der Waals surface area contributed by atoms with E-state index in [1.165, 1.54) is 6.07 Å². The summed E-state index contributed by atoms with van der Waals surface area (Å²) in [4.78, 5) is 15.0. The largest absolute Gasteiger partial charge is 0.394 e. The van der Waals surface area contributed by atoms with Crippen molar-refractivity contribution in [2.45, 2.75) is 6.92 Å². The van der Waals surface area contributed by atoms with E-state index in [1.54, 1.807) is 17.0 Å². The zero-order chi connectivity index (χ0) is 10.1. The number of aryl methyl sites for hydroxylation is 1. The molecule has 0 bridgehead atoms. The number of aromatic nitrogens is 4. The van der Waals surface area contributed by atoms with E-state index in [-0.39, 0.29) is 11.2 Å². The highest BCUT2D eigenvalue weighted by atomic mass is 16.1. The van der Waals surface area contributed by atoms with Gasteiger partial charge < -0.3 is 5.73 Å². The maximum atomic E-state index is 11.0. The second-order valence-corrected chi connectivity index (χ2v) is 2.86. The van der Waals surface area contributed by atoms with Gasteiger partial charge in [0.15, 0.2) is 5.82 Å². The van der Waals surface area contributed by atoms with Crippen LogP contribution >= 0.6 is 0 Å². The monoisotopic (exact) mass is 191 g/mol. The van der Waals surface area contributed by atoms with Gasteiger partial charge in [0.2, 0.25) is 0 Å². The summed E-state index contributed by atoms with van der Waals surface area (Å²) in [5.41, 5.74) is 5.22. The van der Waals surface area contributed by atoms with Gasteiger partial charge in [-0.2, -0.15) is 5.10 Å². The normalized spacial score (nSPS) is 10.4. The molecule has 6 heteroatoms. The lowest BCUT2D eigenvalue weighted by atomic mass is 10.4. The van der Waals surface area contributed by atoms with Gasteiger partial charge in [0.1, 0.15) is 11.5 Å². The van der Waals surface area contributed by atoms with Gasteiger partial charge in [-0.25, -0.2) is 10.1 Å². The molecule has 0 fully saturated rings. The average molecular weight is 191 g/mol. The van der Waals surface area contributed by atoms with Gasteiger partial charge >= 0.3 is 0 Å². The fourth-order valence-electron chi connectivity index (χ4n) is 1.15. The summed E-state index contributed by atoms with van der Waals surface area (Å²) >= 11 is 0. The molecule has 0 aromatic carbocycles. The fraction of sp³-hybridized carbons (Fsp3) is 0.125. The summed E-state index contributed by atoms with van der Waals surface area (Å²) < 4.78 is 1.73. The van der Waals surface area contributed by atoms with Crippen molar-refractivity contribution in [3.05, 3.63) is 34.6 Å². The van der Waals surface area contributed by atoms with Crippen molar-refractivity contribution < 1.29 is 0 Å². The number of imidazole rings is 1. The van der Waals surface area contributed by atoms with Crippen LogP contribution in [0.5, 0.6) is 0 Å². The van der Waals surface area contributed by atoms with Crippen molar-refractivity contribution in [1.82, 2.24) is 19.7 Å². The van der Waals surface area contributed by atoms with Crippen molar-refractivity contribution >= 4 is 5.69 Å². The first kappa shape index (κ1) is 8.49. The van der Waals surface area contributed by atoms with Gasteiger partial charge in [0.05, 0.1) is 0 Å². The molecule has 0 amide bonds. The Morgan fingerprint density at radius 1 is 1.57 bits per heavy atom. The minimum atomic E-state index is -0.383. The van der Waals surface area contributed by atoms with E-state index in [0.717, 1.165) is 5.82 Å². The van der Waals surface area contributed by atoms with Crippen LogP contribution in [-0.2, 0) is 0 Å². The first-order chi connectivity index (χ1) is 6.68. The van der Waals surface area contributed by atoms with Crippen molar-refractivity contribution in [2.24, 2.45) is 0 Å². The second-order valence-electron chi connectivity index (χ2n) is 2.86. The number of nitrogens with one attached hydrogen (secondary N) is 1. The van der Waals surface area contributed by atoms with Crippen molar-refractivity contribution in [3.8, 4) is 5.82 Å². The third-order valence-corrected chi connectivity index (χ3v) is 1.89. The van der Waals surface area contributed by atoms with Crippen molar-refractivity contribution in [1.29, 1.82) is 0 Å². The fourth-order valence-corrected chi connectivity index (χ4v) is 1.15. The Labute approximate surface area is 79.4 Å². The molecule has 2 rings (SSSR count). The van der Waals surface area contributed by atoms with Crippen LogP contribution in [0.2, 0.25) is 0 Å². The molecule has 2 aromatic heterocycles. The zero-order valence-corrected chi connectivity index (χ0v) is 7.56. The molecule has 72 valence electrons. The van der Waals surface area contributed by atoms with Crippen LogP contribution in [0.1, 0.15) is 5.82 Å². The van der Waals surface area contributed by atoms with Crippen molar-refractivity contribution in [2.75, 3.05) is 5.73 Å². The Kier molecular flexibility index (Phi) is 1.81. The molecule has 0 atom stereocenters. The van der Waals surface area contributed by atoms with Crippen LogP contribution < -0.4 is 11.3 Å². The van der Waals surface area contributed by atoms with E-state index in [0.29, 0.717) is 5.82 Å². The molecular weight excluding hydrogens is 182 g/mol. The maximum Gasteiger partial charge on any atom is 0.287 e. The summed E-state index contributed by atoms with van der Waals surface area (Å²) in [6.07, 6.45) is 3.40. The molecule has 0 unspecified atom stereocenters. The second kappa shape index (κ2) is 2.99. The Balaban J connectivity index is 2.59. The predicted molar refractivity (Wildman–Crippen MR) is 51.1 cm³/mol. The molecule has 0 saturated heterocycles. The van der Waals surface area contributed by atoms with Gasteiger partial charge in [-0.15, -0.1) is 0 Å². The van der Waals surface area contributed by atoms with E-state index in [1.807, 2.05) is 6.92 Å².